The predicted molar refractivity (Wildman–Crippen MR) is 96.8 cm³/mol. The summed E-state index contributed by atoms with van der Waals surface area (Å²) in [5, 5.41) is 0. The minimum Gasteiger partial charge on any atom is -0.496 e. The van der Waals surface area contributed by atoms with Crippen LogP contribution in [0.1, 0.15) is 71.1 Å². The second-order valence-corrected chi connectivity index (χ2v) is 9.05. The van der Waals surface area contributed by atoms with Crippen LogP contribution in [0, 0.1) is 6.92 Å². The summed E-state index contributed by atoms with van der Waals surface area (Å²) in [6.45, 7) is 15.9. The summed E-state index contributed by atoms with van der Waals surface area (Å²) in [6.07, 6.45) is 2.52. The van der Waals surface area contributed by atoms with Crippen molar-refractivity contribution in [3.8, 4) is 5.75 Å². The molecule has 0 atom stereocenters. The van der Waals surface area contributed by atoms with E-state index in [1.807, 2.05) is 11.8 Å². The van der Waals surface area contributed by atoms with Crippen LogP contribution in [0.2, 0.25) is 0 Å². The Morgan fingerprint density at radius 3 is 2.19 bits per heavy atom. The van der Waals surface area contributed by atoms with Crippen molar-refractivity contribution in [1.29, 1.82) is 0 Å². The maximum atomic E-state index is 5.72. The molecule has 120 valence electrons. The predicted octanol–water partition coefficient (Wildman–Crippen LogP) is 6.07. The molecule has 0 radical (unpaired) electrons. The maximum Gasteiger partial charge on any atom is 0.126 e. The van der Waals surface area contributed by atoms with Crippen LogP contribution in [0.25, 0.3) is 0 Å². The van der Waals surface area contributed by atoms with Gasteiger partial charge in [-0.15, -0.1) is 0 Å². The smallest absolute Gasteiger partial charge is 0.126 e. The molecule has 0 N–H and O–H groups in total. The van der Waals surface area contributed by atoms with E-state index in [1.54, 1.807) is 7.11 Å². The lowest BCUT2D eigenvalue weighted by atomic mass is 9.83. The van der Waals surface area contributed by atoms with Crippen molar-refractivity contribution in [1.82, 2.24) is 0 Å². The molecule has 0 fully saturated rings. The maximum absolute atomic E-state index is 5.72. The van der Waals surface area contributed by atoms with Crippen LogP contribution in [0.4, 0.5) is 0 Å². The van der Waals surface area contributed by atoms with Gasteiger partial charge in [0.25, 0.3) is 0 Å². The number of unbranched alkanes of at least 4 members (excludes halogenated alkanes) is 1. The molecule has 0 saturated heterocycles. The van der Waals surface area contributed by atoms with Crippen molar-refractivity contribution in [2.24, 2.45) is 0 Å². The summed E-state index contributed by atoms with van der Waals surface area (Å²) in [7, 11) is 1.79. The van der Waals surface area contributed by atoms with E-state index in [0.29, 0.717) is 0 Å². The number of hydrogen-bond acceptors (Lipinski definition) is 2. The zero-order chi connectivity index (χ0) is 16.3. The number of ether oxygens (including phenoxy) is 1. The largest absolute Gasteiger partial charge is 0.496 e. The lowest BCUT2D eigenvalue weighted by molar-refractivity contribution is 0.401. The summed E-state index contributed by atoms with van der Waals surface area (Å²) in [5.41, 5.74) is 4.12. The van der Waals surface area contributed by atoms with Crippen LogP contribution in [0.5, 0.6) is 5.75 Å². The van der Waals surface area contributed by atoms with Crippen molar-refractivity contribution in [3.05, 3.63) is 28.8 Å². The number of benzene rings is 1. The second kappa shape index (κ2) is 7.09. The Bertz CT molecular complexity index is 469. The molecule has 0 aliphatic rings. The minimum absolute atomic E-state index is 0.0759. The Kier molecular flexibility index (Phi) is 6.22. The number of thioether (sulfide) groups is 1. The molecule has 0 amide bonds. The van der Waals surface area contributed by atoms with Crippen LogP contribution >= 0.6 is 11.8 Å². The molecule has 2 heteroatoms. The van der Waals surface area contributed by atoms with Gasteiger partial charge in [0.05, 0.1) is 7.11 Å². The highest BCUT2D eigenvalue weighted by molar-refractivity contribution is 8.00. The Morgan fingerprint density at radius 1 is 1.10 bits per heavy atom. The van der Waals surface area contributed by atoms with Crippen LogP contribution in [-0.4, -0.2) is 12.9 Å². The number of rotatable bonds is 6. The van der Waals surface area contributed by atoms with Gasteiger partial charge in [0.1, 0.15) is 5.75 Å². The van der Waals surface area contributed by atoms with Crippen molar-refractivity contribution in [2.45, 2.75) is 71.5 Å². The van der Waals surface area contributed by atoms with E-state index in [0.717, 1.165) is 5.75 Å². The molecule has 0 spiro atoms. The van der Waals surface area contributed by atoms with Crippen molar-refractivity contribution in [3.63, 3.8) is 0 Å². The topological polar surface area (TPSA) is 9.23 Å². The number of methoxy groups -OCH3 is 1. The molecule has 1 aromatic carbocycles. The van der Waals surface area contributed by atoms with E-state index in [1.165, 1.54) is 35.3 Å². The molecule has 0 aromatic heterocycles. The quantitative estimate of drug-likeness (QED) is 0.590. The molecule has 0 heterocycles. The van der Waals surface area contributed by atoms with E-state index in [9.17, 15) is 0 Å². The molecule has 21 heavy (non-hydrogen) atoms. The van der Waals surface area contributed by atoms with Crippen molar-refractivity contribution < 1.29 is 4.74 Å². The minimum atomic E-state index is 0.0759. The summed E-state index contributed by atoms with van der Waals surface area (Å²) in [6, 6.07) is 4.62. The highest BCUT2D eigenvalue weighted by Gasteiger charge is 2.28. The fraction of sp³-hybridized carbons (Fsp3) is 0.684. The van der Waals surface area contributed by atoms with E-state index >= 15 is 0 Å². The average molecular weight is 309 g/mol. The Hall–Kier alpha value is -0.630. The summed E-state index contributed by atoms with van der Waals surface area (Å²) >= 11 is 2.03. The third kappa shape index (κ3) is 4.67. The molecular formula is C19H32OS. The van der Waals surface area contributed by atoms with Crippen molar-refractivity contribution in [2.75, 3.05) is 12.9 Å². The zero-order valence-corrected chi connectivity index (χ0v) is 15.9. The fourth-order valence-electron chi connectivity index (χ4n) is 2.47. The molecule has 0 aliphatic heterocycles. The summed E-state index contributed by atoms with van der Waals surface area (Å²) in [4.78, 5) is 0. The first-order chi connectivity index (χ1) is 9.63. The third-order valence-electron chi connectivity index (χ3n) is 3.95. The Morgan fingerprint density at radius 2 is 1.71 bits per heavy atom. The highest BCUT2D eigenvalue weighted by atomic mass is 32.2. The summed E-state index contributed by atoms with van der Waals surface area (Å²) < 4.78 is 5.80. The fourth-order valence-corrected chi connectivity index (χ4v) is 3.72. The zero-order valence-electron chi connectivity index (χ0n) is 15.1. The summed E-state index contributed by atoms with van der Waals surface area (Å²) in [5.74, 6) is 2.25. The van der Waals surface area contributed by atoms with Gasteiger partial charge in [-0.2, -0.15) is 11.8 Å². The van der Waals surface area contributed by atoms with Gasteiger partial charge in [-0.25, -0.2) is 0 Å². The molecule has 0 bridgehead atoms. The molecule has 0 aliphatic carbocycles. The Labute approximate surface area is 135 Å². The number of aryl methyl sites for hydroxylation is 1. The van der Waals surface area contributed by atoms with Gasteiger partial charge in [0.2, 0.25) is 0 Å². The average Bonchev–Trinajstić information content (AvgIpc) is 2.36. The molecule has 1 rings (SSSR count). The first-order valence-electron chi connectivity index (χ1n) is 7.97. The van der Waals surface area contributed by atoms with Crippen molar-refractivity contribution >= 4 is 11.8 Å². The van der Waals surface area contributed by atoms with Crippen LogP contribution in [0.15, 0.2) is 12.1 Å². The van der Waals surface area contributed by atoms with Gasteiger partial charge >= 0.3 is 0 Å². The van der Waals surface area contributed by atoms with Gasteiger partial charge in [-0.05, 0) is 49.5 Å². The molecule has 0 unspecified atom stereocenters. The van der Waals surface area contributed by atoms with E-state index in [2.05, 4.69) is 60.6 Å². The standard InChI is InChI=1S/C19H32OS/c1-9-10-11-21-19(6,7)16-13-15(18(3,4)5)12-14(2)17(16)20-8/h12-13H,9-11H2,1-8H3. The van der Waals surface area contributed by atoms with E-state index < -0.39 is 0 Å². The van der Waals surface area contributed by atoms with Crippen LogP contribution in [0.3, 0.4) is 0 Å². The van der Waals surface area contributed by atoms with E-state index in [4.69, 9.17) is 4.74 Å². The molecule has 1 nitrogen and oxygen atoms in total. The van der Waals surface area contributed by atoms with Gasteiger partial charge in [-0.1, -0.05) is 46.2 Å². The number of hydrogen-bond donors (Lipinski definition) is 0. The Balaban J connectivity index is 3.28. The first-order valence-corrected chi connectivity index (χ1v) is 8.95. The molecular weight excluding hydrogens is 276 g/mol. The van der Waals surface area contributed by atoms with Crippen LogP contribution in [-0.2, 0) is 10.2 Å². The van der Waals surface area contributed by atoms with Crippen LogP contribution < -0.4 is 4.74 Å². The first kappa shape index (κ1) is 18.4. The van der Waals surface area contributed by atoms with Gasteiger partial charge in [0, 0.05) is 10.3 Å². The molecule has 0 saturated carbocycles. The third-order valence-corrected chi connectivity index (χ3v) is 5.39. The highest BCUT2D eigenvalue weighted by Crippen LogP contribution is 2.44. The van der Waals surface area contributed by atoms with E-state index in [-0.39, 0.29) is 10.2 Å². The lowest BCUT2D eigenvalue weighted by Crippen LogP contribution is -2.19. The molecule has 1 aromatic rings. The second-order valence-electron chi connectivity index (χ2n) is 7.34. The lowest BCUT2D eigenvalue weighted by Gasteiger charge is -2.30. The van der Waals surface area contributed by atoms with Gasteiger partial charge in [0.15, 0.2) is 0 Å². The van der Waals surface area contributed by atoms with Gasteiger partial charge < -0.3 is 4.74 Å². The monoisotopic (exact) mass is 308 g/mol. The van der Waals surface area contributed by atoms with Gasteiger partial charge in [-0.3, -0.25) is 0 Å². The normalized spacial score (nSPS) is 12.6. The SMILES string of the molecule is CCCCSC(C)(C)c1cc(C(C)(C)C)cc(C)c1OC.